The number of anilines is 1. The number of nitrogen functional groups attached to an aromatic ring is 1. The van der Waals surface area contributed by atoms with Crippen LogP contribution in [0.5, 0.6) is 5.75 Å². The van der Waals surface area contributed by atoms with Crippen LogP contribution in [-0.2, 0) is 0 Å². The summed E-state index contributed by atoms with van der Waals surface area (Å²) in [5.74, 6) is -0.348. The summed E-state index contributed by atoms with van der Waals surface area (Å²) in [4.78, 5) is 11.1. The molecule has 2 N–H and O–H groups in total. The van der Waals surface area contributed by atoms with E-state index in [4.69, 9.17) is 10.5 Å². The first-order chi connectivity index (χ1) is 7.47. The van der Waals surface area contributed by atoms with E-state index in [1.165, 1.54) is 13.0 Å². The monoisotopic (exact) mass is 229 g/mol. The molecular weight excluding hydrogens is 216 g/mol. The lowest BCUT2D eigenvalue weighted by atomic mass is 10.1. The van der Waals surface area contributed by atoms with Gasteiger partial charge in [0.1, 0.15) is 0 Å². The average Bonchev–Trinajstić information content (AvgIpc) is 2.20. The Bertz CT molecular complexity index is 405. The van der Waals surface area contributed by atoms with Gasteiger partial charge >= 0.3 is 0 Å². The summed E-state index contributed by atoms with van der Waals surface area (Å²) in [6.45, 7) is 3.21. The maximum Gasteiger partial charge on any atom is 0.267 e. The number of carbonyl (C=O) groups excluding carboxylic acids is 1. The van der Waals surface area contributed by atoms with Crippen LogP contribution in [0.4, 0.5) is 14.5 Å². The van der Waals surface area contributed by atoms with Gasteiger partial charge in [-0.25, -0.2) is 8.78 Å². The van der Waals surface area contributed by atoms with Crippen LogP contribution in [0, 0.1) is 0 Å². The zero-order valence-corrected chi connectivity index (χ0v) is 9.09. The van der Waals surface area contributed by atoms with Crippen LogP contribution < -0.4 is 10.5 Å². The number of rotatable bonds is 4. The van der Waals surface area contributed by atoms with Crippen molar-refractivity contribution >= 4 is 11.5 Å². The Morgan fingerprint density at radius 2 is 2.12 bits per heavy atom. The molecule has 0 saturated carbocycles. The van der Waals surface area contributed by atoms with Gasteiger partial charge < -0.3 is 10.5 Å². The molecule has 3 nitrogen and oxygen atoms in total. The van der Waals surface area contributed by atoms with E-state index < -0.39 is 6.43 Å². The number of carbonyl (C=O) groups is 1. The number of ketones is 1. The second-order valence-corrected chi connectivity index (χ2v) is 3.27. The minimum atomic E-state index is -2.72. The number of Topliss-reactive ketones (excluding diaryl/α,β-unsaturated/α-hetero) is 1. The molecule has 0 unspecified atom stereocenters. The van der Waals surface area contributed by atoms with Crippen molar-refractivity contribution in [3.05, 3.63) is 23.3 Å². The molecule has 88 valence electrons. The van der Waals surface area contributed by atoms with Gasteiger partial charge in [-0.1, -0.05) is 0 Å². The van der Waals surface area contributed by atoms with Gasteiger partial charge in [-0.3, -0.25) is 4.79 Å². The summed E-state index contributed by atoms with van der Waals surface area (Å²) in [7, 11) is 0. The molecule has 16 heavy (non-hydrogen) atoms. The summed E-state index contributed by atoms with van der Waals surface area (Å²) >= 11 is 0. The molecule has 5 heteroatoms. The highest BCUT2D eigenvalue weighted by molar-refractivity contribution is 5.95. The largest absolute Gasteiger partial charge is 0.491 e. The van der Waals surface area contributed by atoms with Gasteiger partial charge in [0, 0.05) is 5.56 Å². The molecule has 0 aliphatic rings. The molecule has 0 spiro atoms. The van der Waals surface area contributed by atoms with Gasteiger partial charge in [0.05, 0.1) is 17.9 Å². The third-order valence-electron chi connectivity index (χ3n) is 2.08. The van der Waals surface area contributed by atoms with Crippen LogP contribution >= 0.6 is 0 Å². The second kappa shape index (κ2) is 4.92. The summed E-state index contributed by atoms with van der Waals surface area (Å²) < 4.78 is 30.5. The lowest BCUT2D eigenvalue weighted by molar-refractivity contribution is 0.101. The lowest BCUT2D eigenvalue weighted by Crippen LogP contribution is -2.04. The van der Waals surface area contributed by atoms with Crippen LogP contribution in [-0.4, -0.2) is 12.4 Å². The van der Waals surface area contributed by atoms with Crippen LogP contribution in [0.1, 0.15) is 36.2 Å². The SMILES string of the molecule is CCOc1c(N)cc(C(C)=O)cc1C(F)F. The number of hydrogen-bond acceptors (Lipinski definition) is 3. The van der Waals surface area contributed by atoms with Crippen LogP contribution in [0.15, 0.2) is 12.1 Å². The Balaban J connectivity index is 3.33. The van der Waals surface area contributed by atoms with E-state index in [-0.39, 0.29) is 35.0 Å². The van der Waals surface area contributed by atoms with Crippen molar-refractivity contribution in [3.63, 3.8) is 0 Å². The van der Waals surface area contributed by atoms with Gasteiger partial charge in [-0.2, -0.15) is 0 Å². The van der Waals surface area contributed by atoms with Gasteiger partial charge in [0.25, 0.3) is 6.43 Å². The zero-order valence-electron chi connectivity index (χ0n) is 9.09. The molecule has 0 radical (unpaired) electrons. The van der Waals surface area contributed by atoms with E-state index in [0.29, 0.717) is 0 Å². The molecule has 0 fully saturated rings. The van der Waals surface area contributed by atoms with Crippen molar-refractivity contribution in [2.75, 3.05) is 12.3 Å². The normalized spacial score (nSPS) is 10.6. The topological polar surface area (TPSA) is 52.3 Å². The van der Waals surface area contributed by atoms with Crippen molar-refractivity contribution < 1.29 is 18.3 Å². The highest BCUT2D eigenvalue weighted by Crippen LogP contribution is 2.35. The Labute approximate surface area is 92.2 Å². The van der Waals surface area contributed by atoms with Crippen LogP contribution in [0.25, 0.3) is 0 Å². The molecule has 0 aromatic heterocycles. The second-order valence-electron chi connectivity index (χ2n) is 3.27. The number of benzene rings is 1. The molecule has 0 bridgehead atoms. The lowest BCUT2D eigenvalue weighted by Gasteiger charge is -2.13. The Hall–Kier alpha value is -1.65. The maximum absolute atomic E-state index is 12.7. The number of alkyl halides is 2. The number of hydrogen-bond donors (Lipinski definition) is 1. The molecule has 0 saturated heterocycles. The first kappa shape index (κ1) is 12.4. The third kappa shape index (κ3) is 2.48. The van der Waals surface area contributed by atoms with Crippen molar-refractivity contribution in [2.24, 2.45) is 0 Å². The van der Waals surface area contributed by atoms with Crippen molar-refractivity contribution in [1.82, 2.24) is 0 Å². The van der Waals surface area contributed by atoms with Crippen molar-refractivity contribution in [1.29, 1.82) is 0 Å². The Morgan fingerprint density at radius 1 is 1.50 bits per heavy atom. The van der Waals surface area contributed by atoms with E-state index >= 15 is 0 Å². The van der Waals surface area contributed by atoms with Gasteiger partial charge in [-0.05, 0) is 26.0 Å². The first-order valence-corrected chi connectivity index (χ1v) is 4.82. The highest BCUT2D eigenvalue weighted by Gasteiger charge is 2.19. The molecule has 0 amide bonds. The zero-order chi connectivity index (χ0) is 12.3. The van der Waals surface area contributed by atoms with Crippen molar-refractivity contribution in [3.8, 4) is 5.75 Å². The van der Waals surface area contributed by atoms with Gasteiger partial charge in [-0.15, -0.1) is 0 Å². The molecule has 0 aliphatic heterocycles. The maximum atomic E-state index is 12.7. The Morgan fingerprint density at radius 3 is 2.56 bits per heavy atom. The van der Waals surface area contributed by atoms with Crippen LogP contribution in [0.2, 0.25) is 0 Å². The molecule has 0 atom stereocenters. The molecule has 1 aromatic rings. The minimum Gasteiger partial charge on any atom is -0.491 e. The van der Waals surface area contributed by atoms with Gasteiger partial charge in [0.2, 0.25) is 0 Å². The molecule has 0 heterocycles. The summed E-state index contributed by atoms with van der Waals surface area (Å²) in [5, 5.41) is 0. The predicted molar refractivity (Wildman–Crippen MR) is 57.0 cm³/mol. The third-order valence-corrected chi connectivity index (χ3v) is 2.08. The van der Waals surface area contributed by atoms with Crippen molar-refractivity contribution in [2.45, 2.75) is 20.3 Å². The fourth-order valence-electron chi connectivity index (χ4n) is 1.35. The van der Waals surface area contributed by atoms with E-state index in [0.717, 1.165) is 6.07 Å². The van der Waals surface area contributed by atoms with Crippen LogP contribution in [0.3, 0.4) is 0 Å². The van der Waals surface area contributed by atoms with E-state index in [1.807, 2.05) is 0 Å². The predicted octanol–water partition coefficient (Wildman–Crippen LogP) is 2.81. The van der Waals surface area contributed by atoms with Gasteiger partial charge in [0.15, 0.2) is 11.5 Å². The number of ether oxygens (including phenoxy) is 1. The minimum absolute atomic E-state index is 0.0394. The number of halogens is 2. The molecule has 1 aromatic carbocycles. The molecule has 1 rings (SSSR count). The standard InChI is InChI=1S/C11H13F2NO2/c1-3-16-10-8(11(12)13)4-7(6(2)15)5-9(10)14/h4-5,11H,3,14H2,1-2H3. The Kier molecular flexibility index (Phi) is 3.82. The summed E-state index contributed by atoms with van der Waals surface area (Å²) in [6.07, 6.45) is -2.72. The van der Waals surface area contributed by atoms with E-state index in [1.54, 1.807) is 6.92 Å². The average molecular weight is 229 g/mol. The summed E-state index contributed by atoms with van der Waals surface area (Å²) in [5.41, 5.74) is 5.46. The fraction of sp³-hybridized carbons (Fsp3) is 0.364. The molecular formula is C11H13F2NO2. The molecule has 0 aliphatic carbocycles. The summed E-state index contributed by atoms with van der Waals surface area (Å²) in [6, 6.07) is 2.47. The fourth-order valence-corrected chi connectivity index (χ4v) is 1.35. The number of nitrogens with two attached hydrogens (primary N) is 1. The quantitative estimate of drug-likeness (QED) is 0.638. The first-order valence-electron chi connectivity index (χ1n) is 4.82. The highest BCUT2D eigenvalue weighted by atomic mass is 19.3. The van der Waals surface area contributed by atoms with E-state index in [2.05, 4.69) is 0 Å². The van der Waals surface area contributed by atoms with E-state index in [9.17, 15) is 13.6 Å². The smallest absolute Gasteiger partial charge is 0.267 e.